The number of H-pyrrole nitrogens is 1. The normalized spacial score (nSPS) is 10.5. The Morgan fingerprint density at radius 1 is 1.47 bits per heavy atom. The first-order valence-corrected chi connectivity index (χ1v) is 5.50. The summed E-state index contributed by atoms with van der Waals surface area (Å²) >= 11 is 0. The van der Waals surface area contributed by atoms with Gasteiger partial charge in [-0.1, -0.05) is 19.1 Å². The summed E-state index contributed by atoms with van der Waals surface area (Å²) in [5.74, 6) is -0.00275. The quantitative estimate of drug-likeness (QED) is 0.851. The van der Waals surface area contributed by atoms with Crippen molar-refractivity contribution in [3.05, 3.63) is 41.3 Å². The predicted octanol–water partition coefficient (Wildman–Crippen LogP) is 2.65. The molecule has 0 saturated heterocycles. The van der Waals surface area contributed by atoms with Crippen molar-refractivity contribution < 1.29 is 9.90 Å². The number of nitrogens with zero attached hydrogens (tertiary/aromatic N) is 1. The molecule has 0 unspecified atom stereocenters. The molecule has 0 bridgehead atoms. The maximum absolute atomic E-state index is 11.0. The molecule has 1 heterocycles. The van der Waals surface area contributed by atoms with Crippen LogP contribution in [-0.4, -0.2) is 21.0 Å². The fourth-order valence-electron chi connectivity index (χ4n) is 1.71. The Kier molecular flexibility index (Phi) is 2.95. The van der Waals surface area contributed by atoms with E-state index >= 15 is 0 Å². The number of rotatable bonds is 3. The molecule has 4 heteroatoms. The van der Waals surface area contributed by atoms with Gasteiger partial charge in [0.05, 0.1) is 17.5 Å². The van der Waals surface area contributed by atoms with Crippen LogP contribution in [0, 0.1) is 6.92 Å². The fraction of sp³-hybridized carbons (Fsp3) is 0.231. The van der Waals surface area contributed by atoms with E-state index in [1.807, 2.05) is 19.1 Å². The summed E-state index contributed by atoms with van der Waals surface area (Å²) in [6, 6.07) is 5.38. The van der Waals surface area contributed by atoms with Crippen molar-refractivity contribution >= 4 is 5.97 Å². The standard InChI is InChI=1S/C13H14N2O2/c1-3-12-14-7-11(15-12)9-5-4-8(2)10(6-9)13(16)17/h4-7H,3H2,1-2H3,(H,14,15)(H,16,17). The van der Waals surface area contributed by atoms with E-state index in [-0.39, 0.29) is 0 Å². The molecule has 0 amide bonds. The van der Waals surface area contributed by atoms with Gasteiger partial charge in [0, 0.05) is 12.0 Å². The van der Waals surface area contributed by atoms with Crippen LogP contribution in [0.1, 0.15) is 28.7 Å². The van der Waals surface area contributed by atoms with Crippen LogP contribution in [0.5, 0.6) is 0 Å². The van der Waals surface area contributed by atoms with Crippen LogP contribution in [0.15, 0.2) is 24.4 Å². The van der Waals surface area contributed by atoms with Crippen LogP contribution in [-0.2, 0) is 6.42 Å². The Bertz CT molecular complexity index is 558. The van der Waals surface area contributed by atoms with Gasteiger partial charge >= 0.3 is 5.97 Å². The minimum Gasteiger partial charge on any atom is -0.478 e. The summed E-state index contributed by atoms with van der Waals surface area (Å²) in [6.45, 7) is 3.80. The summed E-state index contributed by atoms with van der Waals surface area (Å²) in [5.41, 5.74) is 2.79. The van der Waals surface area contributed by atoms with Gasteiger partial charge in [-0.05, 0) is 18.6 Å². The molecule has 0 spiro atoms. The molecular weight excluding hydrogens is 216 g/mol. The zero-order valence-electron chi connectivity index (χ0n) is 9.82. The lowest BCUT2D eigenvalue weighted by atomic mass is 10.0. The molecule has 1 aromatic heterocycles. The lowest BCUT2D eigenvalue weighted by molar-refractivity contribution is 0.0696. The van der Waals surface area contributed by atoms with Crippen molar-refractivity contribution in [2.45, 2.75) is 20.3 Å². The maximum atomic E-state index is 11.0. The first-order chi connectivity index (χ1) is 8.11. The van der Waals surface area contributed by atoms with Gasteiger partial charge in [0.25, 0.3) is 0 Å². The number of carbonyl (C=O) groups is 1. The lowest BCUT2D eigenvalue weighted by Crippen LogP contribution is -1.99. The van der Waals surface area contributed by atoms with Crippen LogP contribution in [0.2, 0.25) is 0 Å². The largest absolute Gasteiger partial charge is 0.478 e. The van der Waals surface area contributed by atoms with E-state index in [1.165, 1.54) is 0 Å². The van der Waals surface area contributed by atoms with E-state index in [2.05, 4.69) is 9.97 Å². The summed E-state index contributed by atoms with van der Waals surface area (Å²) in [7, 11) is 0. The highest BCUT2D eigenvalue weighted by Crippen LogP contribution is 2.21. The molecule has 0 atom stereocenters. The zero-order chi connectivity index (χ0) is 12.4. The van der Waals surface area contributed by atoms with Gasteiger partial charge in [0.2, 0.25) is 0 Å². The summed E-state index contributed by atoms with van der Waals surface area (Å²) < 4.78 is 0. The first-order valence-electron chi connectivity index (χ1n) is 5.50. The number of carboxylic acid groups (broad SMARTS) is 1. The molecule has 0 radical (unpaired) electrons. The van der Waals surface area contributed by atoms with E-state index in [9.17, 15) is 4.79 Å². The monoisotopic (exact) mass is 230 g/mol. The molecule has 2 N–H and O–H groups in total. The second-order valence-electron chi connectivity index (χ2n) is 3.93. The molecular formula is C13H14N2O2. The smallest absolute Gasteiger partial charge is 0.335 e. The Hall–Kier alpha value is -2.10. The van der Waals surface area contributed by atoms with Crippen LogP contribution >= 0.6 is 0 Å². The number of aromatic nitrogens is 2. The first kappa shape index (κ1) is 11.4. The Labute approximate surface area is 99.3 Å². The zero-order valence-corrected chi connectivity index (χ0v) is 9.82. The van der Waals surface area contributed by atoms with E-state index < -0.39 is 5.97 Å². The highest BCUT2D eigenvalue weighted by molar-refractivity contribution is 5.90. The van der Waals surface area contributed by atoms with Gasteiger partial charge in [-0.3, -0.25) is 0 Å². The third-order valence-corrected chi connectivity index (χ3v) is 2.74. The van der Waals surface area contributed by atoms with Crippen molar-refractivity contribution in [2.24, 2.45) is 0 Å². The van der Waals surface area contributed by atoms with Gasteiger partial charge in [-0.15, -0.1) is 0 Å². The van der Waals surface area contributed by atoms with Crippen molar-refractivity contribution in [1.29, 1.82) is 0 Å². The summed E-state index contributed by atoms with van der Waals surface area (Å²) in [6.07, 6.45) is 2.56. The number of benzene rings is 1. The number of hydrogen-bond donors (Lipinski definition) is 2. The number of carboxylic acids is 1. The highest BCUT2D eigenvalue weighted by atomic mass is 16.4. The number of aromatic carboxylic acids is 1. The average Bonchev–Trinajstić information content (AvgIpc) is 2.78. The third kappa shape index (κ3) is 2.20. The van der Waals surface area contributed by atoms with Gasteiger partial charge in [0.15, 0.2) is 0 Å². The van der Waals surface area contributed by atoms with Crippen LogP contribution < -0.4 is 0 Å². The van der Waals surface area contributed by atoms with Gasteiger partial charge in [-0.25, -0.2) is 9.78 Å². The molecule has 17 heavy (non-hydrogen) atoms. The molecule has 88 valence electrons. The molecule has 0 aliphatic rings. The molecule has 0 fully saturated rings. The minimum atomic E-state index is -0.903. The molecule has 0 aliphatic heterocycles. The number of aryl methyl sites for hydroxylation is 2. The molecule has 2 aromatic rings. The molecule has 2 rings (SSSR count). The van der Waals surface area contributed by atoms with E-state index in [0.29, 0.717) is 5.56 Å². The van der Waals surface area contributed by atoms with E-state index in [0.717, 1.165) is 29.1 Å². The van der Waals surface area contributed by atoms with Crippen LogP contribution in [0.3, 0.4) is 0 Å². The fourth-order valence-corrected chi connectivity index (χ4v) is 1.71. The average molecular weight is 230 g/mol. The Balaban J connectivity index is 2.46. The topological polar surface area (TPSA) is 66.0 Å². The second-order valence-corrected chi connectivity index (χ2v) is 3.93. The number of nitrogens with one attached hydrogen (secondary N) is 1. The lowest BCUT2D eigenvalue weighted by Gasteiger charge is -2.03. The maximum Gasteiger partial charge on any atom is 0.335 e. The predicted molar refractivity (Wildman–Crippen MR) is 65.1 cm³/mol. The molecule has 0 aliphatic carbocycles. The van der Waals surface area contributed by atoms with Crippen LogP contribution in [0.4, 0.5) is 0 Å². The van der Waals surface area contributed by atoms with Crippen molar-refractivity contribution in [3.63, 3.8) is 0 Å². The van der Waals surface area contributed by atoms with Crippen molar-refractivity contribution in [2.75, 3.05) is 0 Å². The van der Waals surface area contributed by atoms with Crippen LogP contribution in [0.25, 0.3) is 11.3 Å². The SMILES string of the molecule is CCc1ncc(-c2ccc(C)c(C(=O)O)c2)[nH]1. The highest BCUT2D eigenvalue weighted by Gasteiger charge is 2.10. The number of aromatic amines is 1. The van der Waals surface area contributed by atoms with E-state index in [1.54, 1.807) is 19.2 Å². The minimum absolute atomic E-state index is 0.329. The molecule has 4 nitrogen and oxygen atoms in total. The third-order valence-electron chi connectivity index (χ3n) is 2.74. The summed E-state index contributed by atoms with van der Waals surface area (Å²) in [5, 5.41) is 9.06. The van der Waals surface area contributed by atoms with E-state index in [4.69, 9.17) is 5.11 Å². The van der Waals surface area contributed by atoms with Crippen molar-refractivity contribution in [1.82, 2.24) is 9.97 Å². The van der Waals surface area contributed by atoms with Gasteiger partial charge in [0.1, 0.15) is 5.82 Å². The van der Waals surface area contributed by atoms with Gasteiger partial charge in [-0.2, -0.15) is 0 Å². The van der Waals surface area contributed by atoms with Crippen molar-refractivity contribution in [3.8, 4) is 11.3 Å². The van der Waals surface area contributed by atoms with Gasteiger partial charge < -0.3 is 10.1 Å². The Morgan fingerprint density at radius 3 is 2.82 bits per heavy atom. The molecule has 1 aromatic carbocycles. The number of hydrogen-bond acceptors (Lipinski definition) is 2. The molecule has 0 saturated carbocycles. The Morgan fingerprint density at radius 2 is 2.24 bits per heavy atom. The second kappa shape index (κ2) is 4.41. The summed E-state index contributed by atoms with van der Waals surface area (Å²) in [4.78, 5) is 18.4. The number of imidazole rings is 1.